The van der Waals surface area contributed by atoms with Crippen molar-refractivity contribution in [2.24, 2.45) is 0 Å². The number of nitrogens with one attached hydrogen (secondary N) is 2. The lowest BCUT2D eigenvalue weighted by Crippen LogP contribution is -2.35. The molecule has 1 aromatic heterocycles. The van der Waals surface area contributed by atoms with Crippen molar-refractivity contribution >= 4 is 34.3 Å². The summed E-state index contributed by atoms with van der Waals surface area (Å²) in [5.74, 6) is 0.573. The minimum atomic E-state index is 0.0247. The highest BCUT2D eigenvalue weighted by Crippen LogP contribution is 2.21. The number of hydrogen-bond acceptors (Lipinski definition) is 5. The fraction of sp³-hybridized carbons (Fsp3) is 0.385. The molecule has 2 rings (SSSR count). The van der Waals surface area contributed by atoms with Crippen LogP contribution in [-0.4, -0.2) is 15.7 Å². The topological polar surface area (TPSA) is 63.0 Å². The standard InChI is InChI=1S/C13H17IN4O/c1-13(2,3)15-8-11-17-18-12(19-11)16-10-7-5-4-6-9(10)14/h4-7,15H,8H2,1-3H3,(H,16,18). The molecule has 0 atom stereocenters. The third-order valence-electron chi connectivity index (χ3n) is 2.35. The Morgan fingerprint density at radius 2 is 1.95 bits per heavy atom. The summed E-state index contributed by atoms with van der Waals surface area (Å²) in [6.07, 6.45) is 0. The zero-order valence-corrected chi connectivity index (χ0v) is 13.4. The van der Waals surface area contributed by atoms with E-state index in [1.807, 2.05) is 24.3 Å². The molecule has 0 saturated heterocycles. The van der Waals surface area contributed by atoms with Crippen LogP contribution in [-0.2, 0) is 6.54 Å². The molecule has 0 fully saturated rings. The maximum Gasteiger partial charge on any atom is 0.320 e. The monoisotopic (exact) mass is 372 g/mol. The van der Waals surface area contributed by atoms with Crippen LogP contribution in [0.5, 0.6) is 0 Å². The van der Waals surface area contributed by atoms with E-state index in [2.05, 4.69) is 64.2 Å². The van der Waals surface area contributed by atoms with Crippen molar-refractivity contribution in [1.29, 1.82) is 0 Å². The van der Waals surface area contributed by atoms with Crippen molar-refractivity contribution in [3.63, 3.8) is 0 Å². The van der Waals surface area contributed by atoms with Crippen LogP contribution in [0.2, 0.25) is 0 Å². The molecule has 102 valence electrons. The first-order valence-electron chi connectivity index (χ1n) is 6.03. The quantitative estimate of drug-likeness (QED) is 0.807. The van der Waals surface area contributed by atoms with Gasteiger partial charge >= 0.3 is 6.01 Å². The number of halogens is 1. The van der Waals surface area contributed by atoms with Gasteiger partial charge in [-0.05, 0) is 55.5 Å². The maximum atomic E-state index is 5.54. The van der Waals surface area contributed by atoms with Gasteiger partial charge in [-0.15, -0.1) is 5.10 Å². The second kappa shape index (κ2) is 5.87. The number of rotatable bonds is 4. The summed E-state index contributed by atoms with van der Waals surface area (Å²) in [5, 5.41) is 14.4. The van der Waals surface area contributed by atoms with E-state index < -0.39 is 0 Å². The van der Waals surface area contributed by atoms with Gasteiger partial charge in [0, 0.05) is 9.11 Å². The van der Waals surface area contributed by atoms with Crippen molar-refractivity contribution in [3.8, 4) is 0 Å². The Morgan fingerprint density at radius 1 is 1.21 bits per heavy atom. The molecule has 6 heteroatoms. The predicted molar refractivity (Wildman–Crippen MR) is 83.3 cm³/mol. The number of nitrogens with zero attached hydrogens (tertiary/aromatic N) is 2. The molecule has 2 aromatic rings. The van der Waals surface area contributed by atoms with E-state index >= 15 is 0 Å². The average Bonchev–Trinajstić information content (AvgIpc) is 2.77. The molecule has 0 unspecified atom stereocenters. The predicted octanol–water partition coefficient (Wildman–Crippen LogP) is 3.31. The molecule has 0 amide bonds. The summed E-state index contributed by atoms with van der Waals surface area (Å²) in [4.78, 5) is 0. The molecule has 0 bridgehead atoms. The smallest absolute Gasteiger partial charge is 0.320 e. The van der Waals surface area contributed by atoms with Gasteiger partial charge in [-0.3, -0.25) is 0 Å². The Kier molecular flexibility index (Phi) is 4.41. The molecule has 19 heavy (non-hydrogen) atoms. The largest absolute Gasteiger partial charge is 0.406 e. The highest BCUT2D eigenvalue weighted by molar-refractivity contribution is 14.1. The summed E-state index contributed by atoms with van der Waals surface area (Å²) in [7, 11) is 0. The van der Waals surface area contributed by atoms with Gasteiger partial charge in [0.15, 0.2) is 0 Å². The average molecular weight is 372 g/mol. The molecular weight excluding hydrogens is 355 g/mol. The van der Waals surface area contributed by atoms with Gasteiger partial charge in [-0.2, -0.15) is 0 Å². The van der Waals surface area contributed by atoms with E-state index in [-0.39, 0.29) is 5.54 Å². The zero-order valence-electron chi connectivity index (χ0n) is 11.2. The lowest BCUT2D eigenvalue weighted by molar-refractivity contribution is 0.384. The van der Waals surface area contributed by atoms with Crippen molar-refractivity contribution in [2.45, 2.75) is 32.9 Å². The lowest BCUT2D eigenvalue weighted by Gasteiger charge is -2.18. The molecule has 0 saturated carbocycles. The van der Waals surface area contributed by atoms with Crippen molar-refractivity contribution < 1.29 is 4.42 Å². The van der Waals surface area contributed by atoms with Gasteiger partial charge in [-0.25, -0.2) is 0 Å². The van der Waals surface area contributed by atoms with Gasteiger partial charge in [0.05, 0.1) is 12.2 Å². The van der Waals surface area contributed by atoms with Crippen molar-refractivity contribution in [1.82, 2.24) is 15.5 Å². The summed E-state index contributed by atoms with van der Waals surface area (Å²) in [6, 6.07) is 8.35. The van der Waals surface area contributed by atoms with E-state index in [1.54, 1.807) is 0 Å². The molecule has 0 aliphatic rings. The first-order valence-corrected chi connectivity index (χ1v) is 7.11. The fourth-order valence-corrected chi connectivity index (χ4v) is 1.92. The van der Waals surface area contributed by atoms with Crippen LogP contribution in [0.15, 0.2) is 28.7 Å². The minimum Gasteiger partial charge on any atom is -0.406 e. The zero-order chi connectivity index (χ0) is 13.9. The Hall–Kier alpha value is -1.15. The first-order chi connectivity index (χ1) is 8.94. The van der Waals surface area contributed by atoms with E-state index in [4.69, 9.17) is 4.42 Å². The number of hydrogen-bond donors (Lipinski definition) is 2. The molecule has 2 N–H and O–H groups in total. The molecule has 1 aromatic carbocycles. The Labute approximate surface area is 126 Å². The second-order valence-corrected chi connectivity index (χ2v) is 6.37. The van der Waals surface area contributed by atoms with Crippen molar-refractivity contribution in [3.05, 3.63) is 33.7 Å². The number of para-hydroxylation sites is 1. The van der Waals surface area contributed by atoms with E-state index in [9.17, 15) is 0 Å². The molecule has 0 radical (unpaired) electrons. The third kappa shape index (κ3) is 4.46. The van der Waals surface area contributed by atoms with Gasteiger partial charge in [0.1, 0.15) is 0 Å². The molecule has 0 spiro atoms. The van der Waals surface area contributed by atoms with E-state index in [1.165, 1.54) is 0 Å². The molecule has 5 nitrogen and oxygen atoms in total. The van der Waals surface area contributed by atoms with E-state index in [0.717, 1.165) is 9.26 Å². The first kappa shape index (κ1) is 14.3. The van der Waals surface area contributed by atoms with Crippen LogP contribution in [0.4, 0.5) is 11.7 Å². The lowest BCUT2D eigenvalue weighted by atomic mass is 10.1. The minimum absolute atomic E-state index is 0.0247. The van der Waals surface area contributed by atoms with Crippen LogP contribution in [0.25, 0.3) is 0 Å². The summed E-state index contributed by atoms with van der Waals surface area (Å²) in [5.41, 5.74) is 0.985. The Bertz CT molecular complexity index is 548. The SMILES string of the molecule is CC(C)(C)NCc1nnc(Nc2ccccc2I)o1. The summed E-state index contributed by atoms with van der Waals surface area (Å²) in [6.45, 7) is 6.84. The molecule has 0 aliphatic carbocycles. The van der Waals surface area contributed by atoms with Crippen LogP contribution in [0.3, 0.4) is 0 Å². The number of aromatic nitrogens is 2. The van der Waals surface area contributed by atoms with Gasteiger partial charge in [-0.1, -0.05) is 17.2 Å². The Balaban J connectivity index is 2.00. The normalized spacial score (nSPS) is 11.6. The van der Waals surface area contributed by atoms with E-state index in [0.29, 0.717) is 18.5 Å². The summed E-state index contributed by atoms with van der Waals surface area (Å²) < 4.78 is 6.64. The second-order valence-electron chi connectivity index (χ2n) is 5.21. The van der Waals surface area contributed by atoms with Gasteiger partial charge in [0.2, 0.25) is 5.89 Å². The van der Waals surface area contributed by atoms with Crippen LogP contribution >= 0.6 is 22.6 Å². The highest BCUT2D eigenvalue weighted by Gasteiger charge is 2.12. The van der Waals surface area contributed by atoms with Crippen LogP contribution in [0.1, 0.15) is 26.7 Å². The third-order valence-corrected chi connectivity index (χ3v) is 3.29. The van der Waals surface area contributed by atoms with Gasteiger partial charge in [0.25, 0.3) is 0 Å². The number of anilines is 2. The fourth-order valence-electron chi connectivity index (χ4n) is 1.39. The summed E-state index contributed by atoms with van der Waals surface area (Å²) >= 11 is 2.26. The Morgan fingerprint density at radius 3 is 2.63 bits per heavy atom. The van der Waals surface area contributed by atoms with Gasteiger partial charge < -0.3 is 15.1 Å². The van der Waals surface area contributed by atoms with Crippen LogP contribution < -0.4 is 10.6 Å². The highest BCUT2D eigenvalue weighted by atomic mass is 127. The van der Waals surface area contributed by atoms with Crippen molar-refractivity contribution in [2.75, 3.05) is 5.32 Å². The number of benzene rings is 1. The maximum absolute atomic E-state index is 5.54. The molecule has 1 heterocycles. The molecular formula is C13H17IN4O. The van der Waals surface area contributed by atoms with Crippen LogP contribution in [0, 0.1) is 3.57 Å². The molecule has 0 aliphatic heterocycles.